The van der Waals surface area contributed by atoms with Crippen LogP contribution < -0.4 is 0 Å². The molecule has 0 heterocycles. The van der Waals surface area contributed by atoms with Crippen molar-refractivity contribution in [3.05, 3.63) is 212 Å². The smallest absolute Gasteiger partial charge is 0.123 e. The van der Waals surface area contributed by atoms with Crippen LogP contribution >= 0.6 is 0 Å². The Morgan fingerprint density at radius 2 is 0.877 bits per heavy atom. The highest BCUT2D eigenvalue weighted by Gasteiger charge is 2.63. The Hall–Kier alpha value is -7.68. The highest BCUT2D eigenvalue weighted by Crippen LogP contribution is 2.76. The van der Waals surface area contributed by atoms with Crippen LogP contribution in [-0.2, 0) is 24.7 Å². The van der Waals surface area contributed by atoms with E-state index in [1.165, 1.54) is 33.0 Å². The van der Waals surface area contributed by atoms with E-state index in [2.05, 4.69) is 111 Å². The Morgan fingerprint density at radius 1 is 0.425 bits per heavy atom. The van der Waals surface area contributed by atoms with E-state index in [9.17, 15) is 8.78 Å². The van der Waals surface area contributed by atoms with Crippen molar-refractivity contribution >= 4 is 118 Å². The quantitative estimate of drug-likeness (QED) is 0.146. The van der Waals surface area contributed by atoms with Crippen molar-refractivity contribution in [1.29, 1.82) is 0 Å². The zero-order valence-corrected chi connectivity index (χ0v) is 40.5. The lowest BCUT2D eigenvalue weighted by Crippen LogP contribution is -2.37. The van der Waals surface area contributed by atoms with Crippen molar-refractivity contribution in [3.63, 3.8) is 0 Å². The van der Waals surface area contributed by atoms with Gasteiger partial charge in [0.15, 0.2) is 0 Å². The second kappa shape index (κ2) is 12.0. The minimum absolute atomic E-state index is 0.123. The summed E-state index contributed by atoms with van der Waals surface area (Å²) in [5.41, 5.74) is 16.3. The Morgan fingerprint density at radius 3 is 1.45 bits per heavy atom. The molecule has 6 unspecified atom stereocenters. The molecular weight excluding hydrogens is 891 g/mol. The number of halogens is 2. The molecule has 21 rings (SSSR count). The predicted molar refractivity (Wildman–Crippen MR) is 299 cm³/mol. The van der Waals surface area contributed by atoms with E-state index in [0.717, 1.165) is 32.1 Å². The number of fused-ring (bicyclic) bond motifs is 1. The summed E-state index contributed by atoms with van der Waals surface area (Å²) in [5, 5.41) is 34.6. The second-order valence-corrected chi connectivity index (χ2v) is 24.0. The SMILES string of the molecule is CC(CC(C)c1ccc(F)cc1)c1ccccc1.Fc1ccc(C2CC(c3ccccc3)C3c4cc5c6c7c(cc8cc9c%10c%11c(cc%12cc%13c%14c(c%15c4c6c4c%15c6c%14c%12c%11c6c6c%10c8c7c46)C23C%13)C9)C5)cc1. The zero-order valence-electron chi connectivity index (χ0n) is 40.5. The molecule has 0 bridgehead atoms. The first kappa shape index (κ1) is 38.0. The fourth-order valence-corrected chi connectivity index (χ4v) is 18.8. The van der Waals surface area contributed by atoms with Crippen molar-refractivity contribution in [2.45, 2.75) is 81.0 Å². The van der Waals surface area contributed by atoms with Gasteiger partial charge in [0.2, 0.25) is 0 Å². The molecule has 16 aromatic rings. The van der Waals surface area contributed by atoms with Crippen LogP contribution in [0.3, 0.4) is 0 Å². The fraction of sp³-hybridized carbons (Fsp3) is 0.183. The molecular formula is C71H44F2. The van der Waals surface area contributed by atoms with Gasteiger partial charge in [0, 0.05) is 11.3 Å². The van der Waals surface area contributed by atoms with Crippen LogP contribution in [0.5, 0.6) is 0 Å². The van der Waals surface area contributed by atoms with Crippen molar-refractivity contribution in [2.75, 3.05) is 0 Å². The molecule has 0 saturated heterocycles. The van der Waals surface area contributed by atoms with E-state index >= 15 is 0 Å². The van der Waals surface area contributed by atoms with Crippen molar-refractivity contribution in [1.82, 2.24) is 0 Å². The molecule has 2 heteroatoms. The minimum atomic E-state index is -0.165. The largest absolute Gasteiger partial charge is 0.207 e. The Kier molecular flexibility index (Phi) is 6.27. The first-order valence-electron chi connectivity index (χ1n) is 27.0. The summed E-state index contributed by atoms with van der Waals surface area (Å²) < 4.78 is 27.7. The van der Waals surface area contributed by atoms with Crippen LogP contribution in [0.1, 0.15) is 117 Å². The molecule has 16 aromatic carbocycles. The maximum atomic E-state index is 14.8. The summed E-state index contributed by atoms with van der Waals surface area (Å²) in [6, 6.07) is 49.9. The van der Waals surface area contributed by atoms with Gasteiger partial charge in [-0.15, -0.1) is 0 Å². The van der Waals surface area contributed by atoms with Gasteiger partial charge in [-0.05, 0) is 260 Å². The molecule has 6 atom stereocenters. The van der Waals surface area contributed by atoms with Crippen LogP contribution in [0.15, 0.2) is 140 Å². The second-order valence-electron chi connectivity index (χ2n) is 24.0. The minimum Gasteiger partial charge on any atom is -0.207 e. The molecule has 1 saturated carbocycles. The molecule has 342 valence electrons. The van der Waals surface area contributed by atoms with E-state index in [1.807, 2.05) is 18.2 Å². The molecule has 5 aliphatic carbocycles. The Balaban J connectivity index is 0.000000193. The number of benzene rings is 13. The first-order chi connectivity index (χ1) is 35.9. The zero-order chi connectivity index (χ0) is 47.4. The third-order valence-electron chi connectivity index (χ3n) is 21.0. The predicted octanol–water partition coefficient (Wildman–Crippen LogP) is 18.8. The molecule has 0 radical (unpaired) electrons. The van der Waals surface area contributed by atoms with Crippen LogP contribution in [0.4, 0.5) is 8.78 Å². The van der Waals surface area contributed by atoms with Gasteiger partial charge >= 0.3 is 0 Å². The van der Waals surface area contributed by atoms with Crippen LogP contribution in [0.25, 0.3) is 118 Å². The standard InChI is InChI=1S/C54H25F.C17H19F/c55-28-8-6-20(7-9-28)31-17-29(19-4-2-1-3-5-19)52-30-16-26-14-23-12-24-11-21-10-22-13-25-15-27-18-54(31,52)53-38(27)43-37(25)42-33(22)32(21)40-36(24)41-34(23)35(26)44-39(30)51(53)50-48(43)46(42)45(40)47(41)49(44)50;1-13(15-6-4-3-5-7-15)12-14(2)16-8-10-17(18)11-9-16/h1-9,11-13,15-16,29,31,52H,10,14,17-18H2;3-11,13-14H,12H2,1-2H3. The lowest BCUT2D eigenvalue weighted by Gasteiger charge is -2.43. The highest BCUT2D eigenvalue weighted by atomic mass is 19.1. The molecule has 0 aromatic heterocycles. The van der Waals surface area contributed by atoms with Crippen molar-refractivity contribution < 1.29 is 8.78 Å². The maximum Gasteiger partial charge on any atom is 0.123 e. The molecule has 1 fully saturated rings. The van der Waals surface area contributed by atoms with E-state index < -0.39 is 0 Å². The van der Waals surface area contributed by atoms with Gasteiger partial charge in [0.05, 0.1) is 0 Å². The lowest BCUT2D eigenvalue weighted by atomic mass is 9.58. The monoisotopic (exact) mass is 934 g/mol. The third-order valence-corrected chi connectivity index (χ3v) is 21.0. The normalized spacial score (nSPS) is 21.3. The molecule has 73 heavy (non-hydrogen) atoms. The fourth-order valence-electron chi connectivity index (χ4n) is 18.8. The summed E-state index contributed by atoms with van der Waals surface area (Å²) in [7, 11) is 0. The molecule has 0 nitrogen and oxygen atoms in total. The van der Waals surface area contributed by atoms with E-state index in [0.29, 0.717) is 23.7 Å². The van der Waals surface area contributed by atoms with Gasteiger partial charge in [-0.2, -0.15) is 0 Å². The number of rotatable bonds is 6. The van der Waals surface area contributed by atoms with Gasteiger partial charge < -0.3 is 0 Å². The average molecular weight is 935 g/mol. The van der Waals surface area contributed by atoms with E-state index in [1.54, 1.807) is 171 Å². The van der Waals surface area contributed by atoms with Crippen LogP contribution in [-0.4, -0.2) is 0 Å². The van der Waals surface area contributed by atoms with Gasteiger partial charge in [-0.1, -0.05) is 129 Å². The van der Waals surface area contributed by atoms with Crippen molar-refractivity contribution in [2.24, 2.45) is 0 Å². The Bertz CT molecular complexity index is 5030. The van der Waals surface area contributed by atoms with E-state index in [4.69, 9.17) is 0 Å². The Labute approximate surface area is 418 Å². The highest BCUT2D eigenvalue weighted by molar-refractivity contribution is 6.65. The maximum absolute atomic E-state index is 14.8. The molecule has 0 aliphatic heterocycles. The van der Waals surface area contributed by atoms with Gasteiger partial charge in [-0.3, -0.25) is 0 Å². The van der Waals surface area contributed by atoms with Crippen LogP contribution in [0.2, 0.25) is 0 Å². The van der Waals surface area contributed by atoms with Crippen LogP contribution in [0, 0.1) is 11.6 Å². The third kappa shape index (κ3) is 3.96. The summed E-state index contributed by atoms with van der Waals surface area (Å²) in [4.78, 5) is 0. The summed E-state index contributed by atoms with van der Waals surface area (Å²) in [5.74, 6) is 1.62. The molecule has 0 amide bonds. The molecule has 0 N–H and O–H groups in total. The molecule has 1 spiro atoms. The lowest BCUT2D eigenvalue weighted by molar-refractivity contribution is 0.355. The number of hydrogen-bond donors (Lipinski definition) is 0. The molecule has 5 aliphatic rings. The van der Waals surface area contributed by atoms with Gasteiger partial charge in [-0.25, -0.2) is 8.78 Å². The summed E-state index contributed by atoms with van der Waals surface area (Å²) >= 11 is 0. The van der Waals surface area contributed by atoms with E-state index in [-0.39, 0.29) is 23.0 Å². The average Bonchev–Trinajstić information content (AvgIpc) is 4.29. The summed E-state index contributed by atoms with van der Waals surface area (Å²) in [6.07, 6.45) is 5.26. The van der Waals surface area contributed by atoms with Gasteiger partial charge in [0.1, 0.15) is 11.6 Å². The number of hydrogen-bond acceptors (Lipinski definition) is 0. The topological polar surface area (TPSA) is 0 Å². The van der Waals surface area contributed by atoms with Crippen molar-refractivity contribution in [3.8, 4) is 0 Å². The first-order valence-corrected chi connectivity index (χ1v) is 27.0. The van der Waals surface area contributed by atoms with Gasteiger partial charge in [0.25, 0.3) is 0 Å². The summed E-state index contributed by atoms with van der Waals surface area (Å²) in [6.45, 7) is 4.45.